The molecule has 0 N–H and O–H groups in total. The zero-order valence-electron chi connectivity index (χ0n) is 13.5. The van der Waals surface area contributed by atoms with E-state index in [-0.39, 0.29) is 41.6 Å². The van der Waals surface area contributed by atoms with E-state index in [1.54, 1.807) is 6.92 Å². The van der Waals surface area contributed by atoms with Crippen LogP contribution in [0.5, 0.6) is 0 Å². The molecule has 0 amide bonds. The van der Waals surface area contributed by atoms with Crippen molar-refractivity contribution >= 4 is 17.7 Å². The van der Waals surface area contributed by atoms with Gasteiger partial charge in [-0.25, -0.2) is 0 Å². The van der Waals surface area contributed by atoms with Gasteiger partial charge in [0, 0.05) is 5.92 Å². The summed E-state index contributed by atoms with van der Waals surface area (Å²) in [6.07, 6.45) is 5.93. The molecule has 0 radical (unpaired) electrons. The number of ether oxygens (including phenoxy) is 2. The molecular formula is C17H26O5. The Hall–Kier alpha value is -1.39. The highest BCUT2D eigenvalue weighted by atomic mass is 16.5. The number of methoxy groups -OCH3 is 1. The summed E-state index contributed by atoms with van der Waals surface area (Å²) in [6, 6.07) is 0. The molecule has 0 atom stereocenters. The molecule has 2 rings (SSSR count). The first-order chi connectivity index (χ1) is 10.5. The molecular weight excluding hydrogens is 284 g/mol. The minimum atomic E-state index is -0.160. The number of hydrogen-bond acceptors (Lipinski definition) is 5. The number of Topliss-reactive ketones (excluding diaryl/α,β-unsaturated/α-hetero) is 1. The van der Waals surface area contributed by atoms with Gasteiger partial charge in [-0.3, -0.25) is 14.4 Å². The fraction of sp³-hybridized carbons (Fsp3) is 0.824. The standard InChI is InChI=1S/C17H26O5/c1-11(18)12-3-5-14(6-4-12)17(20)22-15-9-7-13(8-10-15)16(19)21-2/h12-15H,3-10H2,1-2H3. The molecule has 0 saturated heterocycles. The molecule has 124 valence electrons. The molecule has 0 aromatic rings. The number of hydrogen-bond donors (Lipinski definition) is 0. The fourth-order valence-electron chi connectivity index (χ4n) is 3.58. The lowest BCUT2D eigenvalue weighted by Crippen LogP contribution is -2.32. The van der Waals surface area contributed by atoms with Gasteiger partial charge < -0.3 is 9.47 Å². The summed E-state index contributed by atoms with van der Waals surface area (Å²) in [5.41, 5.74) is 0. The Labute approximate surface area is 131 Å². The molecule has 0 aliphatic heterocycles. The van der Waals surface area contributed by atoms with Crippen molar-refractivity contribution in [1.29, 1.82) is 0 Å². The van der Waals surface area contributed by atoms with Crippen molar-refractivity contribution in [3.05, 3.63) is 0 Å². The van der Waals surface area contributed by atoms with Crippen molar-refractivity contribution < 1.29 is 23.9 Å². The van der Waals surface area contributed by atoms with Crippen LogP contribution in [0.15, 0.2) is 0 Å². The maximum absolute atomic E-state index is 12.2. The molecule has 2 saturated carbocycles. The van der Waals surface area contributed by atoms with E-state index < -0.39 is 0 Å². The molecule has 0 spiro atoms. The van der Waals surface area contributed by atoms with E-state index in [2.05, 4.69) is 0 Å². The minimum absolute atomic E-state index is 0.0500. The first kappa shape index (κ1) is 17.0. The smallest absolute Gasteiger partial charge is 0.309 e. The van der Waals surface area contributed by atoms with Crippen LogP contribution in [0.1, 0.15) is 58.3 Å². The van der Waals surface area contributed by atoms with Gasteiger partial charge in [-0.1, -0.05) is 0 Å². The number of rotatable bonds is 4. The summed E-state index contributed by atoms with van der Waals surface area (Å²) < 4.78 is 10.4. The van der Waals surface area contributed by atoms with Gasteiger partial charge >= 0.3 is 11.9 Å². The summed E-state index contributed by atoms with van der Waals surface area (Å²) in [5, 5.41) is 0. The van der Waals surface area contributed by atoms with Crippen LogP contribution in [0.25, 0.3) is 0 Å². The molecule has 0 heterocycles. The Balaban J connectivity index is 1.72. The molecule has 0 aromatic heterocycles. The number of carbonyl (C=O) groups is 3. The summed E-state index contributed by atoms with van der Waals surface area (Å²) in [6.45, 7) is 1.63. The number of esters is 2. The maximum Gasteiger partial charge on any atom is 0.309 e. The third-order valence-electron chi connectivity index (χ3n) is 5.13. The van der Waals surface area contributed by atoms with Crippen LogP contribution in [-0.4, -0.2) is 30.9 Å². The molecule has 0 bridgehead atoms. The highest BCUT2D eigenvalue weighted by Gasteiger charge is 2.33. The van der Waals surface area contributed by atoms with Gasteiger partial charge in [0.1, 0.15) is 11.9 Å². The molecule has 5 heteroatoms. The zero-order chi connectivity index (χ0) is 16.1. The van der Waals surface area contributed by atoms with E-state index in [0.29, 0.717) is 0 Å². The van der Waals surface area contributed by atoms with Crippen molar-refractivity contribution in [2.24, 2.45) is 17.8 Å². The van der Waals surface area contributed by atoms with Crippen LogP contribution in [0.3, 0.4) is 0 Å². The highest BCUT2D eigenvalue weighted by Crippen LogP contribution is 2.32. The largest absolute Gasteiger partial charge is 0.469 e. The van der Waals surface area contributed by atoms with E-state index in [9.17, 15) is 14.4 Å². The van der Waals surface area contributed by atoms with E-state index >= 15 is 0 Å². The van der Waals surface area contributed by atoms with Gasteiger partial charge in [0.05, 0.1) is 18.9 Å². The molecule has 22 heavy (non-hydrogen) atoms. The summed E-state index contributed by atoms with van der Waals surface area (Å²) in [5.74, 6) is -0.0387. The Morgan fingerprint density at radius 1 is 0.727 bits per heavy atom. The van der Waals surface area contributed by atoms with Crippen molar-refractivity contribution in [1.82, 2.24) is 0 Å². The van der Waals surface area contributed by atoms with Gasteiger partial charge in [0.15, 0.2) is 0 Å². The van der Waals surface area contributed by atoms with E-state index in [0.717, 1.165) is 51.4 Å². The van der Waals surface area contributed by atoms with E-state index in [1.165, 1.54) is 7.11 Å². The van der Waals surface area contributed by atoms with Crippen molar-refractivity contribution in [2.75, 3.05) is 7.11 Å². The minimum Gasteiger partial charge on any atom is -0.469 e. The summed E-state index contributed by atoms with van der Waals surface area (Å²) in [7, 11) is 1.41. The average molecular weight is 310 g/mol. The van der Waals surface area contributed by atoms with Gasteiger partial charge in [0.25, 0.3) is 0 Å². The van der Waals surface area contributed by atoms with Gasteiger partial charge in [-0.2, -0.15) is 0 Å². The summed E-state index contributed by atoms with van der Waals surface area (Å²) >= 11 is 0. The van der Waals surface area contributed by atoms with Crippen molar-refractivity contribution in [3.8, 4) is 0 Å². The van der Waals surface area contributed by atoms with Crippen LogP contribution in [0.2, 0.25) is 0 Å². The third-order valence-corrected chi connectivity index (χ3v) is 5.13. The fourth-order valence-corrected chi connectivity index (χ4v) is 3.58. The molecule has 2 aliphatic rings. The lowest BCUT2D eigenvalue weighted by Gasteiger charge is -2.30. The quantitative estimate of drug-likeness (QED) is 0.747. The van der Waals surface area contributed by atoms with E-state index in [1.807, 2.05) is 0 Å². The Bertz CT molecular complexity index is 415. The lowest BCUT2D eigenvalue weighted by atomic mass is 9.80. The Morgan fingerprint density at radius 3 is 1.68 bits per heavy atom. The first-order valence-electron chi connectivity index (χ1n) is 8.30. The van der Waals surface area contributed by atoms with Crippen molar-refractivity contribution in [2.45, 2.75) is 64.4 Å². The number of carbonyl (C=O) groups excluding carboxylic acids is 3. The average Bonchev–Trinajstić information content (AvgIpc) is 2.54. The summed E-state index contributed by atoms with van der Waals surface area (Å²) in [4.78, 5) is 35.0. The Morgan fingerprint density at radius 2 is 1.18 bits per heavy atom. The highest BCUT2D eigenvalue weighted by molar-refractivity contribution is 5.79. The topological polar surface area (TPSA) is 69.7 Å². The van der Waals surface area contributed by atoms with Crippen LogP contribution in [0, 0.1) is 17.8 Å². The van der Waals surface area contributed by atoms with Crippen LogP contribution in [0.4, 0.5) is 0 Å². The van der Waals surface area contributed by atoms with Gasteiger partial charge in [-0.15, -0.1) is 0 Å². The van der Waals surface area contributed by atoms with Crippen LogP contribution >= 0.6 is 0 Å². The predicted molar refractivity (Wildman–Crippen MR) is 80.0 cm³/mol. The zero-order valence-corrected chi connectivity index (χ0v) is 13.5. The monoisotopic (exact) mass is 310 g/mol. The predicted octanol–water partition coefficient (Wildman–Crippen LogP) is 2.66. The van der Waals surface area contributed by atoms with Gasteiger partial charge in [0.2, 0.25) is 0 Å². The van der Waals surface area contributed by atoms with Crippen LogP contribution in [-0.2, 0) is 23.9 Å². The molecule has 0 aromatic carbocycles. The third kappa shape index (κ3) is 4.31. The molecule has 0 unspecified atom stereocenters. The number of ketones is 1. The van der Waals surface area contributed by atoms with E-state index in [4.69, 9.17) is 9.47 Å². The second-order valence-electron chi connectivity index (χ2n) is 6.59. The van der Waals surface area contributed by atoms with Gasteiger partial charge in [-0.05, 0) is 58.3 Å². The van der Waals surface area contributed by atoms with Crippen molar-refractivity contribution in [3.63, 3.8) is 0 Å². The molecule has 2 aliphatic carbocycles. The normalized spacial score (nSPS) is 32.1. The molecule has 2 fully saturated rings. The second-order valence-corrected chi connectivity index (χ2v) is 6.59. The lowest BCUT2D eigenvalue weighted by molar-refractivity contribution is -0.159. The maximum atomic E-state index is 12.2. The second kappa shape index (κ2) is 7.75. The first-order valence-corrected chi connectivity index (χ1v) is 8.30. The molecule has 5 nitrogen and oxygen atoms in total. The SMILES string of the molecule is COC(=O)C1CCC(OC(=O)C2CCC(C(C)=O)CC2)CC1. The van der Waals surface area contributed by atoms with Crippen LogP contribution < -0.4 is 0 Å². The Kier molecular flexibility index (Phi) is 5.98.